The van der Waals surface area contributed by atoms with E-state index in [1.165, 1.54) is 6.92 Å². The molecule has 0 radical (unpaired) electrons. The first kappa shape index (κ1) is 16.0. The fourth-order valence-electron chi connectivity index (χ4n) is 1.84. The molecule has 6 heteroatoms. The number of amides is 1. The molecule has 1 amide bonds. The number of nitrogens with two attached hydrogens (primary N) is 1. The Morgan fingerprint density at radius 1 is 1.25 bits per heavy atom. The highest BCUT2D eigenvalue weighted by atomic mass is 16.4. The number of nitrogen functional groups attached to an aromatic ring is 1. The molecule has 0 bridgehead atoms. The Hall–Kier alpha value is -2.08. The molecule has 0 spiro atoms. The van der Waals surface area contributed by atoms with Gasteiger partial charge in [0, 0.05) is 12.1 Å². The van der Waals surface area contributed by atoms with E-state index in [4.69, 9.17) is 10.8 Å². The summed E-state index contributed by atoms with van der Waals surface area (Å²) in [6.45, 7) is 3.19. The minimum Gasteiger partial charge on any atom is -0.480 e. The van der Waals surface area contributed by atoms with Gasteiger partial charge in [-0.3, -0.25) is 4.79 Å². The second-order valence-electron chi connectivity index (χ2n) is 4.90. The quantitative estimate of drug-likeness (QED) is 0.573. The predicted octanol–water partition coefficient (Wildman–Crippen LogP) is 0.713. The molecule has 0 heterocycles. The third-order valence-corrected chi connectivity index (χ3v) is 3.06. The Morgan fingerprint density at radius 3 is 2.25 bits per heavy atom. The van der Waals surface area contributed by atoms with Crippen molar-refractivity contribution in [3.8, 4) is 0 Å². The van der Waals surface area contributed by atoms with Crippen molar-refractivity contribution in [2.75, 3.05) is 5.73 Å². The van der Waals surface area contributed by atoms with Crippen LogP contribution in [0.3, 0.4) is 0 Å². The summed E-state index contributed by atoms with van der Waals surface area (Å²) in [5, 5.41) is 20.5. The van der Waals surface area contributed by atoms with E-state index in [1.807, 2.05) is 19.1 Å². The largest absolute Gasteiger partial charge is 0.480 e. The Bertz CT molecular complexity index is 471. The van der Waals surface area contributed by atoms with Crippen LogP contribution >= 0.6 is 0 Å². The molecule has 5 N–H and O–H groups in total. The van der Waals surface area contributed by atoms with Crippen molar-refractivity contribution < 1.29 is 19.8 Å². The Balaban J connectivity index is 2.61. The number of aliphatic carboxylic acids is 1. The SMILES string of the molecule is CC(CC(=O)N[C@H](C(=O)O)[C@@H](C)O)c1ccc(N)cc1. The number of rotatable bonds is 6. The molecule has 0 saturated heterocycles. The highest BCUT2D eigenvalue weighted by molar-refractivity contribution is 5.84. The van der Waals surface area contributed by atoms with Crippen molar-refractivity contribution in [2.45, 2.75) is 38.3 Å². The van der Waals surface area contributed by atoms with Gasteiger partial charge in [-0.05, 0) is 30.5 Å². The number of hydrogen-bond donors (Lipinski definition) is 4. The summed E-state index contributed by atoms with van der Waals surface area (Å²) in [5.74, 6) is -1.74. The molecule has 1 aromatic rings. The van der Waals surface area contributed by atoms with E-state index in [9.17, 15) is 14.7 Å². The van der Waals surface area contributed by atoms with E-state index in [1.54, 1.807) is 12.1 Å². The zero-order valence-corrected chi connectivity index (χ0v) is 11.5. The molecule has 20 heavy (non-hydrogen) atoms. The topological polar surface area (TPSA) is 113 Å². The monoisotopic (exact) mass is 280 g/mol. The molecule has 0 aliphatic heterocycles. The van der Waals surface area contributed by atoms with Gasteiger partial charge in [-0.25, -0.2) is 4.79 Å². The van der Waals surface area contributed by atoms with Gasteiger partial charge in [-0.15, -0.1) is 0 Å². The van der Waals surface area contributed by atoms with Crippen molar-refractivity contribution in [1.82, 2.24) is 5.32 Å². The summed E-state index contributed by atoms with van der Waals surface area (Å²) in [4.78, 5) is 22.7. The minimum absolute atomic E-state index is 0.0703. The molecule has 110 valence electrons. The average molecular weight is 280 g/mol. The summed E-state index contributed by atoms with van der Waals surface area (Å²) < 4.78 is 0. The van der Waals surface area contributed by atoms with Gasteiger partial charge < -0.3 is 21.3 Å². The van der Waals surface area contributed by atoms with Crippen LogP contribution in [0.5, 0.6) is 0 Å². The van der Waals surface area contributed by atoms with Gasteiger partial charge in [-0.1, -0.05) is 19.1 Å². The second kappa shape index (κ2) is 6.91. The Morgan fingerprint density at radius 2 is 1.80 bits per heavy atom. The number of carboxylic acid groups (broad SMARTS) is 1. The van der Waals surface area contributed by atoms with Crippen molar-refractivity contribution >= 4 is 17.6 Å². The fourth-order valence-corrected chi connectivity index (χ4v) is 1.84. The first-order valence-electron chi connectivity index (χ1n) is 6.37. The lowest BCUT2D eigenvalue weighted by atomic mass is 9.97. The van der Waals surface area contributed by atoms with E-state index in [2.05, 4.69) is 5.32 Å². The summed E-state index contributed by atoms with van der Waals surface area (Å²) in [6.07, 6.45) is -1.01. The zero-order chi connectivity index (χ0) is 15.3. The second-order valence-corrected chi connectivity index (χ2v) is 4.90. The van der Waals surface area contributed by atoms with Crippen LogP contribution in [-0.4, -0.2) is 34.2 Å². The molecule has 0 aliphatic carbocycles. The number of carbonyl (C=O) groups is 2. The predicted molar refractivity (Wildman–Crippen MR) is 75.1 cm³/mol. The number of nitrogens with one attached hydrogen (secondary N) is 1. The van der Waals surface area contributed by atoms with Crippen LogP contribution in [0.2, 0.25) is 0 Å². The van der Waals surface area contributed by atoms with Crippen molar-refractivity contribution in [3.63, 3.8) is 0 Å². The van der Waals surface area contributed by atoms with Gasteiger partial charge in [0.1, 0.15) is 0 Å². The van der Waals surface area contributed by atoms with Crippen LogP contribution < -0.4 is 11.1 Å². The highest BCUT2D eigenvalue weighted by Gasteiger charge is 2.25. The van der Waals surface area contributed by atoms with Crippen LogP contribution in [0.15, 0.2) is 24.3 Å². The number of anilines is 1. The third kappa shape index (κ3) is 4.55. The maximum absolute atomic E-state index is 11.8. The summed E-state index contributed by atoms with van der Waals surface area (Å²) in [6, 6.07) is 5.87. The first-order chi connectivity index (χ1) is 9.31. The minimum atomic E-state index is -1.29. The maximum Gasteiger partial charge on any atom is 0.328 e. The molecular formula is C14H20N2O4. The van der Waals surface area contributed by atoms with Crippen LogP contribution in [0.4, 0.5) is 5.69 Å². The van der Waals surface area contributed by atoms with Gasteiger partial charge in [0.2, 0.25) is 5.91 Å². The van der Waals surface area contributed by atoms with Crippen molar-refractivity contribution in [2.24, 2.45) is 0 Å². The summed E-state index contributed by atoms with van der Waals surface area (Å²) in [5.41, 5.74) is 7.18. The molecule has 3 atom stereocenters. The van der Waals surface area contributed by atoms with Crippen molar-refractivity contribution in [3.05, 3.63) is 29.8 Å². The van der Waals surface area contributed by atoms with E-state index >= 15 is 0 Å². The first-order valence-corrected chi connectivity index (χ1v) is 6.37. The van der Waals surface area contributed by atoms with Crippen LogP contribution in [0.1, 0.15) is 31.7 Å². The molecular weight excluding hydrogens is 260 g/mol. The van der Waals surface area contributed by atoms with E-state index in [-0.39, 0.29) is 12.3 Å². The van der Waals surface area contributed by atoms with Gasteiger partial charge in [0.05, 0.1) is 6.10 Å². The number of hydrogen-bond acceptors (Lipinski definition) is 4. The van der Waals surface area contributed by atoms with Crippen LogP contribution in [0, 0.1) is 0 Å². The lowest BCUT2D eigenvalue weighted by Gasteiger charge is -2.18. The van der Waals surface area contributed by atoms with Crippen LogP contribution in [0.25, 0.3) is 0 Å². The summed E-state index contributed by atoms with van der Waals surface area (Å²) >= 11 is 0. The van der Waals surface area contributed by atoms with E-state index in [0.29, 0.717) is 5.69 Å². The Kier molecular flexibility index (Phi) is 5.52. The molecule has 0 saturated carbocycles. The lowest BCUT2D eigenvalue weighted by Crippen LogP contribution is -2.47. The van der Waals surface area contributed by atoms with E-state index < -0.39 is 24.0 Å². The molecule has 6 nitrogen and oxygen atoms in total. The van der Waals surface area contributed by atoms with Gasteiger partial charge in [0.15, 0.2) is 6.04 Å². The Labute approximate surface area is 117 Å². The average Bonchev–Trinajstić information content (AvgIpc) is 2.35. The highest BCUT2D eigenvalue weighted by Crippen LogP contribution is 2.20. The number of benzene rings is 1. The number of carboxylic acids is 1. The number of aliphatic hydroxyl groups excluding tert-OH is 1. The molecule has 0 aliphatic rings. The summed E-state index contributed by atoms with van der Waals surface area (Å²) in [7, 11) is 0. The fraction of sp³-hybridized carbons (Fsp3) is 0.429. The standard InChI is InChI=1S/C14H20N2O4/c1-8(10-3-5-11(15)6-4-10)7-12(18)16-13(9(2)17)14(19)20/h3-6,8-9,13,17H,7,15H2,1-2H3,(H,16,18)(H,19,20)/t8?,9-,13+/m1/s1. The lowest BCUT2D eigenvalue weighted by molar-refractivity contribution is -0.144. The molecule has 1 unspecified atom stereocenters. The smallest absolute Gasteiger partial charge is 0.328 e. The third-order valence-electron chi connectivity index (χ3n) is 3.06. The zero-order valence-electron chi connectivity index (χ0n) is 11.5. The van der Waals surface area contributed by atoms with Gasteiger partial charge in [0.25, 0.3) is 0 Å². The van der Waals surface area contributed by atoms with Gasteiger partial charge >= 0.3 is 5.97 Å². The van der Waals surface area contributed by atoms with Crippen molar-refractivity contribution in [1.29, 1.82) is 0 Å². The maximum atomic E-state index is 11.8. The van der Waals surface area contributed by atoms with Crippen LogP contribution in [-0.2, 0) is 9.59 Å². The molecule has 0 aromatic heterocycles. The molecule has 0 fully saturated rings. The van der Waals surface area contributed by atoms with E-state index in [0.717, 1.165) is 5.56 Å². The number of aliphatic hydroxyl groups is 1. The molecule has 1 rings (SSSR count). The van der Waals surface area contributed by atoms with Gasteiger partial charge in [-0.2, -0.15) is 0 Å². The number of carbonyl (C=O) groups excluding carboxylic acids is 1. The normalized spacial score (nSPS) is 15.2. The molecule has 1 aromatic carbocycles.